The van der Waals surface area contributed by atoms with Crippen LogP contribution in [0, 0.1) is 0 Å². The number of fused-ring (bicyclic) bond motifs is 1. The zero-order valence-electron chi connectivity index (χ0n) is 20.1. The molecule has 6 nitrogen and oxygen atoms in total. The van der Waals surface area contributed by atoms with E-state index >= 15 is 0 Å². The van der Waals surface area contributed by atoms with Crippen molar-refractivity contribution in [3.63, 3.8) is 0 Å². The van der Waals surface area contributed by atoms with Crippen LogP contribution in [0.2, 0.25) is 0 Å². The van der Waals surface area contributed by atoms with Crippen molar-refractivity contribution in [1.29, 1.82) is 0 Å². The van der Waals surface area contributed by atoms with Gasteiger partial charge in [0.1, 0.15) is 11.9 Å². The number of ether oxygens (including phenoxy) is 2. The molecule has 0 saturated carbocycles. The Morgan fingerprint density at radius 2 is 1.85 bits per heavy atom. The van der Waals surface area contributed by atoms with Crippen LogP contribution in [0.15, 0.2) is 54.6 Å². The number of aromatic nitrogens is 1. The minimum absolute atomic E-state index is 0.0536. The fourth-order valence-corrected chi connectivity index (χ4v) is 5.05. The molecule has 0 N–H and O–H groups in total. The number of carbonyl (C=O) groups is 1. The molecule has 2 atom stereocenters. The highest BCUT2D eigenvalue weighted by Gasteiger charge is 2.26. The SMILES string of the molecule is CCN1CCN(c2nc(-c3ccc(C4CC(OC(C)=O)CCO4)cc3)cc3ccccc23)CC1. The van der Waals surface area contributed by atoms with E-state index in [0.717, 1.165) is 61.8 Å². The molecule has 1 aromatic heterocycles. The Kier molecular flexibility index (Phi) is 6.79. The van der Waals surface area contributed by atoms with Gasteiger partial charge >= 0.3 is 5.97 Å². The Morgan fingerprint density at radius 1 is 1.09 bits per heavy atom. The van der Waals surface area contributed by atoms with E-state index in [1.54, 1.807) is 0 Å². The van der Waals surface area contributed by atoms with Crippen molar-refractivity contribution in [2.75, 3.05) is 44.2 Å². The van der Waals surface area contributed by atoms with Gasteiger partial charge in [-0.2, -0.15) is 0 Å². The molecule has 3 heterocycles. The second kappa shape index (κ2) is 10.1. The lowest BCUT2D eigenvalue weighted by atomic mass is 9.97. The first kappa shape index (κ1) is 22.8. The fourth-order valence-electron chi connectivity index (χ4n) is 5.05. The first-order valence-electron chi connectivity index (χ1n) is 12.4. The smallest absolute Gasteiger partial charge is 0.302 e. The van der Waals surface area contributed by atoms with E-state index in [1.165, 1.54) is 17.7 Å². The summed E-state index contributed by atoms with van der Waals surface area (Å²) in [6, 6.07) is 19.2. The molecule has 0 aliphatic carbocycles. The van der Waals surface area contributed by atoms with Crippen molar-refractivity contribution >= 4 is 22.6 Å². The van der Waals surface area contributed by atoms with Gasteiger partial charge < -0.3 is 19.3 Å². The average Bonchev–Trinajstić information content (AvgIpc) is 2.88. The summed E-state index contributed by atoms with van der Waals surface area (Å²) in [5, 5.41) is 2.42. The van der Waals surface area contributed by atoms with Crippen LogP contribution in [0.25, 0.3) is 22.0 Å². The number of piperazine rings is 1. The number of benzene rings is 2. The predicted octanol–water partition coefficient (Wildman–Crippen LogP) is 4.83. The molecule has 2 fully saturated rings. The summed E-state index contributed by atoms with van der Waals surface area (Å²) in [5.74, 6) is 0.850. The molecule has 2 aromatic carbocycles. The van der Waals surface area contributed by atoms with Crippen LogP contribution in [0.5, 0.6) is 0 Å². The number of esters is 1. The third kappa shape index (κ3) is 4.93. The van der Waals surface area contributed by atoms with E-state index in [2.05, 4.69) is 71.3 Å². The molecule has 0 radical (unpaired) electrons. The number of hydrogen-bond donors (Lipinski definition) is 0. The molecular formula is C28H33N3O3. The number of nitrogens with zero attached hydrogens (tertiary/aromatic N) is 3. The summed E-state index contributed by atoms with van der Waals surface area (Å²) in [7, 11) is 0. The quantitative estimate of drug-likeness (QED) is 0.510. The fraction of sp³-hybridized carbons (Fsp3) is 0.429. The van der Waals surface area contributed by atoms with E-state index in [9.17, 15) is 4.79 Å². The van der Waals surface area contributed by atoms with Gasteiger partial charge in [-0.05, 0) is 23.6 Å². The van der Waals surface area contributed by atoms with Crippen molar-refractivity contribution in [3.05, 3.63) is 60.2 Å². The number of likely N-dealkylation sites (N-methyl/N-ethyl adjacent to an activating group) is 1. The molecule has 2 unspecified atom stereocenters. The summed E-state index contributed by atoms with van der Waals surface area (Å²) in [6.07, 6.45) is 1.32. The summed E-state index contributed by atoms with van der Waals surface area (Å²) < 4.78 is 11.4. The Labute approximate surface area is 201 Å². The Bertz CT molecular complexity index is 1140. The molecule has 3 aromatic rings. The van der Waals surface area contributed by atoms with Crippen LogP contribution >= 0.6 is 0 Å². The number of rotatable bonds is 5. The molecule has 34 heavy (non-hydrogen) atoms. The number of hydrogen-bond acceptors (Lipinski definition) is 6. The minimum atomic E-state index is -0.227. The Hall–Kier alpha value is -2.96. The zero-order chi connectivity index (χ0) is 23.5. The normalized spacial score (nSPS) is 21.5. The lowest BCUT2D eigenvalue weighted by molar-refractivity contribution is -0.153. The maximum atomic E-state index is 11.3. The van der Waals surface area contributed by atoms with Crippen LogP contribution < -0.4 is 4.90 Å². The predicted molar refractivity (Wildman–Crippen MR) is 135 cm³/mol. The van der Waals surface area contributed by atoms with E-state index < -0.39 is 0 Å². The third-order valence-electron chi connectivity index (χ3n) is 6.99. The monoisotopic (exact) mass is 459 g/mol. The highest BCUT2D eigenvalue weighted by Crippen LogP contribution is 2.33. The summed E-state index contributed by atoms with van der Waals surface area (Å²) in [5.41, 5.74) is 3.19. The van der Waals surface area contributed by atoms with Gasteiger partial charge in [0.25, 0.3) is 0 Å². The molecule has 178 valence electrons. The van der Waals surface area contributed by atoms with Crippen LogP contribution in [0.4, 0.5) is 5.82 Å². The highest BCUT2D eigenvalue weighted by atomic mass is 16.6. The maximum Gasteiger partial charge on any atom is 0.302 e. The van der Waals surface area contributed by atoms with Crippen LogP contribution in [-0.4, -0.2) is 61.3 Å². The molecule has 0 amide bonds. The Balaban J connectivity index is 1.40. The molecule has 6 heteroatoms. The van der Waals surface area contributed by atoms with E-state index in [-0.39, 0.29) is 18.2 Å². The van der Waals surface area contributed by atoms with Crippen molar-refractivity contribution in [2.45, 2.75) is 38.9 Å². The molecule has 2 aliphatic heterocycles. The van der Waals surface area contributed by atoms with Crippen LogP contribution in [-0.2, 0) is 14.3 Å². The van der Waals surface area contributed by atoms with Crippen molar-refractivity contribution in [2.24, 2.45) is 0 Å². The van der Waals surface area contributed by atoms with Gasteiger partial charge in [-0.15, -0.1) is 0 Å². The van der Waals surface area contributed by atoms with Gasteiger partial charge in [0, 0.05) is 56.9 Å². The number of carbonyl (C=O) groups excluding carboxylic acids is 1. The molecule has 5 rings (SSSR count). The zero-order valence-corrected chi connectivity index (χ0v) is 20.1. The van der Waals surface area contributed by atoms with Gasteiger partial charge in [-0.25, -0.2) is 4.98 Å². The van der Waals surface area contributed by atoms with Crippen LogP contribution in [0.1, 0.15) is 38.4 Å². The van der Waals surface area contributed by atoms with Gasteiger partial charge in [-0.3, -0.25) is 4.79 Å². The lowest BCUT2D eigenvalue weighted by Gasteiger charge is -2.35. The van der Waals surface area contributed by atoms with Gasteiger partial charge in [0.15, 0.2) is 0 Å². The van der Waals surface area contributed by atoms with Crippen molar-refractivity contribution in [1.82, 2.24) is 9.88 Å². The molecule has 0 spiro atoms. The van der Waals surface area contributed by atoms with Gasteiger partial charge in [0.2, 0.25) is 0 Å². The summed E-state index contributed by atoms with van der Waals surface area (Å²) >= 11 is 0. The molecule has 0 bridgehead atoms. The number of pyridine rings is 1. The Morgan fingerprint density at radius 3 is 2.59 bits per heavy atom. The molecular weight excluding hydrogens is 426 g/mol. The maximum absolute atomic E-state index is 11.3. The molecule has 2 aliphatic rings. The second-order valence-corrected chi connectivity index (χ2v) is 9.21. The minimum Gasteiger partial charge on any atom is -0.462 e. The summed E-state index contributed by atoms with van der Waals surface area (Å²) in [4.78, 5) is 21.4. The first-order chi connectivity index (χ1) is 16.6. The standard InChI is InChI=1S/C28H33N3O3/c1-3-30-13-15-31(16-14-30)28-25-7-5-4-6-23(25)18-26(29-28)21-8-10-22(11-9-21)27-19-24(12-17-33-27)34-20(2)32/h4-11,18,24,27H,3,12-17,19H2,1-2H3. The molecule has 2 saturated heterocycles. The van der Waals surface area contributed by atoms with E-state index in [0.29, 0.717) is 13.0 Å². The third-order valence-corrected chi connectivity index (χ3v) is 6.99. The van der Waals surface area contributed by atoms with Crippen molar-refractivity contribution < 1.29 is 14.3 Å². The highest BCUT2D eigenvalue weighted by molar-refractivity contribution is 5.95. The van der Waals surface area contributed by atoms with Gasteiger partial charge in [-0.1, -0.05) is 55.5 Å². The summed E-state index contributed by atoms with van der Waals surface area (Å²) in [6.45, 7) is 9.52. The van der Waals surface area contributed by atoms with Crippen LogP contribution in [0.3, 0.4) is 0 Å². The number of anilines is 1. The first-order valence-corrected chi connectivity index (χ1v) is 12.4. The largest absolute Gasteiger partial charge is 0.462 e. The van der Waals surface area contributed by atoms with Crippen molar-refractivity contribution in [3.8, 4) is 11.3 Å². The van der Waals surface area contributed by atoms with E-state index in [1.807, 2.05) is 0 Å². The second-order valence-electron chi connectivity index (χ2n) is 9.21. The lowest BCUT2D eigenvalue weighted by Crippen LogP contribution is -2.46. The van der Waals surface area contributed by atoms with Gasteiger partial charge in [0.05, 0.1) is 18.4 Å². The average molecular weight is 460 g/mol. The topological polar surface area (TPSA) is 54.9 Å². The van der Waals surface area contributed by atoms with E-state index in [4.69, 9.17) is 14.5 Å².